The minimum absolute atomic E-state index is 0.0102. The highest BCUT2D eigenvalue weighted by atomic mass is 16.2. The van der Waals surface area contributed by atoms with E-state index in [1.165, 1.54) is 0 Å². The first-order valence-corrected chi connectivity index (χ1v) is 9.94. The second-order valence-electron chi connectivity index (χ2n) is 7.41. The molecule has 1 aromatic heterocycles. The van der Waals surface area contributed by atoms with Crippen molar-refractivity contribution < 1.29 is 9.59 Å². The highest BCUT2D eigenvalue weighted by molar-refractivity contribution is 5.92. The molecular weight excluding hydrogens is 354 g/mol. The van der Waals surface area contributed by atoms with Gasteiger partial charge in [0, 0.05) is 30.5 Å². The van der Waals surface area contributed by atoms with Gasteiger partial charge in [0.05, 0.1) is 0 Å². The summed E-state index contributed by atoms with van der Waals surface area (Å²) in [6, 6.07) is 9.46. The van der Waals surface area contributed by atoms with Crippen LogP contribution in [0.4, 0.5) is 5.69 Å². The second kappa shape index (κ2) is 9.01. The Balaban J connectivity index is 1.67. The van der Waals surface area contributed by atoms with Crippen molar-refractivity contribution in [1.29, 1.82) is 0 Å². The first kappa shape index (κ1) is 20.1. The fraction of sp³-hybridized carbons (Fsp3) is 0.476. The number of amides is 2. The summed E-state index contributed by atoms with van der Waals surface area (Å²) in [5, 5.41) is 13.7. The maximum atomic E-state index is 13.1. The van der Waals surface area contributed by atoms with E-state index < -0.39 is 5.54 Å². The fourth-order valence-corrected chi connectivity index (χ4v) is 3.48. The average Bonchev–Trinajstić information content (AvgIpc) is 3.27. The first-order chi connectivity index (χ1) is 13.5. The molecule has 7 nitrogen and oxygen atoms in total. The molecule has 150 valence electrons. The SMILES string of the molecule is CCC(C)C(=O)Nc1cccc(CNC(=O)C2(n3cccn3)CCNCC2)c1. The molecule has 0 bridgehead atoms. The number of carbonyl (C=O) groups is 2. The molecule has 3 N–H and O–H groups in total. The molecule has 1 saturated heterocycles. The zero-order chi connectivity index (χ0) is 20.0. The Labute approximate surface area is 165 Å². The fourth-order valence-electron chi connectivity index (χ4n) is 3.48. The number of hydrogen-bond acceptors (Lipinski definition) is 4. The lowest BCUT2D eigenvalue weighted by molar-refractivity contribution is -0.132. The Morgan fingerprint density at radius 3 is 2.75 bits per heavy atom. The highest BCUT2D eigenvalue weighted by Crippen LogP contribution is 2.27. The van der Waals surface area contributed by atoms with E-state index in [0.717, 1.165) is 30.8 Å². The van der Waals surface area contributed by atoms with Gasteiger partial charge in [0.25, 0.3) is 0 Å². The molecule has 1 unspecified atom stereocenters. The van der Waals surface area contributed by atoms with Crippen molar-refractivity contribution in [2.24, 2.45) is 5.92 Å². The summed E-state index contributed by atoms with van der Waals surface area (Å²) in [7, 11) is 0. The van der Waals surface area contributed by atoms with Crippen LogP contribution >= 0.6 is 0 Å². The Morgan fingerprint density at radius 1 is 1.29 bits per heavy atom. The number of nitrogens with zero attached hydrogens (tertiary/aromatic N) is 2. The van der Waals surface area contributed by atoms with Gasteiger partial charge in [0.15, 0.2) is 0 Å². The second-order valence-corrected chi connectivity index (χ2v) is 7.41. The van der Waals surface area contributed by atoms with Crippen molar-refractivity contribution in [2.75, 3.05) is 18.4 Å². The summed E-state index contributed by atoms with van der Waals surface area (Å²) in [5.41, 5.74) is 1.04. The van der Waals surface area contributed by atoms with Gasteiger partial charge in [-0.2, -0.15) is 5.10 Å². The third-order valence-corrected chi connectivity index (χ3v) is 5.50. The largest absolute Gasteiger partial charge is 0.350 e. The third-order valence-electron chi connectivity index (χ3n) is 5.50. The molecule has 1 aromatic carbocycles. The van der Waals surface area contributed by atoms with Gasteiger partial charge >= 0.3 is 0 Å². The van der Waals surface area contributed by atoms with E-state index in [1.807, 2.05) is 50.4 Å². The number of benzene rings is 1. The Kier molecular flexibility index (Phi) is 6.46. The van der Waals surface area contributed by atoms with E-state index in [4.69, 9.17) is 0 Å². The number of carbonyl (C=O) groups excluding carboxylic acids is 2. The van der Waals surface area contributed by atoms with E-state index in [9.17, 15) is 9.59 Å². The van der Waals surface area contributed by atoms with Crippen molar-refractivity contribution >= 4 is 17.5 Å². The smallest absolute Gasteiger partial charge is 0.248 e. The summed E-state index contributed by atoms with van der Waals surface area (Å²) in [5.74, 6) is -0.0417. The van der Waals surface area contributed by atoms with E-state index in [0.29, 0.717) is 19.4 Å². The van der Waals surface area contributed by atoms with Crippen molar-refractivity contribution in [1.82, 2.24) is 20.4 Å². The van der Waals surface area contributed by atoms with E-state index in [2.05, 4.69) is 21.0 Å². The van der Waals surface area contributed by atoms with Crippen LogP contribution in [0.2, 0.25) is 0 Å². The van der Waals surface area contributed by atoms with E-state index in [1.54, 1.807) is 10.9 Å². The maximum absolute atomic E-state index is 13.1. The number of piperidine rings is 1. The van der Waals surface area contributed by atoms with E-state index in [-0.39, 0.29) is 17.7 Å². The predicted molar refractivity (Wildman–Crippen MR) is 109 cm³/mol. The summed E-state index contributed by atoms with van der Waals surface area (Å²) in [6.07, 6.45) is 5.76. The van der Waals surface area contributed by atoms with Gasteiger partial charge in [-0.25, -0.2) is 0 Å². The van der Waals surface area contributed by atoms with Crippen LogP contribution in [0.1, 0.15) is 38.7 Å². The molecule has 2 heterocycles. The van der Waals surface area contributed by atoms with Crippen molar-refractivity contribution in [3.8, 4) is 0 Å². The highest BCUT2D eigenvalue weighted by Gasteiger charge is 2.41. The Morgan fingerprint density at radius 2 is 2.07 bits per heavy atom. The molecule has 0 aliphatic carbocycles. The first-order valence-electron chi connectivity index (χ1n) is 9.94. The topological polar surface area (TPSA) is 88.1 Å². The quantitative estimate of drug-likeness (QED) is 0.684. The van der Waals surface area contributed by atoms with Gasteiger partial charge in [0.1, 0.15) is 5.54 Å². The van der Waals surface area contributed by atoms with Crippen LogP contribution in [0.5, 0.6) is 0 Å². The van der Waals surface area contributed by atoms with Crippen molar-refractivity contribution in [3.63, 3.8) is 0 Å². The van der Waals surface area contributed by atoms with Gasteiger partial charge in [-0.15, -0.1) is 0 Å². The van der Waals surface area contributed by atoms with Gasteiger partial charge in [-0.05, 0) is 56.1 Å². The zero-order valence-corrected chi connectivity index (χ0v) is 16.6. The summed E-state index contributed by atoms with van der Waals surface area (Å²) in [4.78, 5) is 25.2. The lowest BCUT2D eigenvalue weighted by atomic mass is 9.87. The van der Waals surface area contributed by atoms with Crippen molar-refractivity contribution in [3.05, 3.63) is 48.3 Å². The summed E-state index contributed by atoms with van der Waals surface area (Å²) >= 11 is 0. The average molecular weight is 383 g/mol. The Bertz CT molecular complexity index is 797. The number of aromatic nitrogens is 2. The molecule has 7 heteroatoms. The molecule has 0 spiro atoms. The summed E-state index contributed by atoms with van der Waals surface area (Å²) in [6.45, 7) is 5.87. The van der Waals surface area contributed by atoms with Gasteiger partial charge in [-0.1, -0.05) is 26.0 Å². The molecule has 3 rings (SSSR count). The van der Waals surface area contributed by atoms with Crippen LogP contribution in [0.15, 0.2) is 42.7 Å². The third kappa shape index (κ3) is 4.42. The standard InChI is InChI=1S/C21H29N5O2/c1-3-16(2)19(27)25-18-7-4-6-17(14-18)15-23-20(28)21(8-11-22-12-9-21)26-13-5-10-24-26/h4-7,10,13-14,16,22H,3,8-9,11-12,15H2,1-2H3,(H,23,28)(H,25,27). The van der Waals surface area contributed by atoms with Crippen LogP contribution in [0.3, 0.4) is 0 Å². The molecule has 2 amide bonds. The lowest BCUT2D eigenvalue weighted by Crippen LogP contribution is -2.54. The number of rotatable bonds is 7. The number of hydrogen-bond donors (Lipinski definition) is 3. The molecule has 0 saturated carbocycles. The molecule has 2 aromatic rings. The summed E-state index contributed by atoms with van der Waals surface area (Å²) < 4.78 is 1.78. The van der Waals surface area contributed by atoms with Crippen LogP contribution in [0.25, 0.3) is 0 Å². The normalized spacial score (nSPS) is 16.9. The number of nitrogens with one attached hydrogen (secondary N) is 3. The molecule has 1 fully saturated rings. The van der Waals surface area contributed by atoms with Crippen LogP contribution in [0, 0.1) is 5.92 Å². The molecule has 0 radical (unpaired) electrons. The molecule has 28 heavy (non-hydrogen) atoms. The molecule has 1 atom stereocenters. The zero-order valence-electron chi connectivity index (χ0n) is 16.6. The van der Waals surface area contributed by atoms with Crippen LogP contribution < -0.4 is 16.0 Å². The maximum Gasteiger partial charge on any atom is 0.248 e. The van der Waals surface area contributed by atoms with Gasteiger partial charge < -0.3 is 16.0 Å². The van der Waals surface area contributed by atoms with Gasteiger partial charge in [0.2, 0.25) is 11.8 Å². The van der Waals surface area contributed by atoms with Crippen LogP contribution in [-0.2, 0) is 21.7 Å². The minimum atomic E-state index is -0.656. The predicted octanol–water partition coefficient (Wildman–Crippen LogP) is 2.26. The Hall–Kier alpha value is -2.67. The molecule has 1 aliphatic rings. The lowest BCUT2D eigenvalue weighted by Gasteiger charge is -2.36. The molecule has 1 aliphatic heterocycles. The van der Waals surface area contributed by atoms with Gasteiger partial charge in [-0.3, -0.25) is 14.3 Å². The van der Waals surface area contributed by atoms with Crippen LogP contribution in [-0.4, -0.2) is 34.7 Å². The molecular formula is C21H29N5O2. The van der Waals surface area contributed by atoms with Crippen molar-refractivity contribution in [2.45, 2.75) is 45.2 Å². The minimum Gasteiger partial charge on any atom is -0.350 e. The van der Waals surface area contributed by atoms with E-state index >= 15 is 0 Å². The monoisotopic (exact) mass is 383 g/mol. The number of anilines is 1.